The van der Waals surface area contributed by atoms with Crippen molar-refractivity contribution >= 4 is 29.3 Å². The minimum Gasteiger partial charge on any atom is -0.545 e. The molecule has 0 unspecified atom stereocenters. The zero-order valence-corrected chi connectivity index (χ0v) is 17.3. The molecule has 1 heterocycles. The van der Waals surface area contributed by atoms with Crippen LogP contribution in [0.1, 0.15) is 10.4 Å². The molecule has 0 aliphatic heterocycles. The predicted molar refractivity (Wildman–Crippen MR) is 81.0 cm³/mol. The van der Waals surface area contributed by atoms with Gasteiger partial charge in [-0.05, 0) is 24.3 Å². The average molecular weight is 410 g/mol. The molecule has 0 fully saturated rings. The van der Waals surface area contributed by atoms with Gasteiger partial charge in [0, 0.05) is 23.5 Å². The van der Waals surface area contributed by atoms with Gasteiger partial charge in [-0.2, -0.15) is 0 Å². The van der Waals surface area contributed by atoms with Crippen LogP contribution in [0, 0.1) is 0 Å². The number of carboxylic acid groups (broad SMARTS) is 1. The molecule has 0 aliphatic carbocycles. The monoisotopic (exact) mass is 410 g/mol. The molecule has 2 rings (SSSR count). The Bertz CT molecular complexity index is 789. The summed E-state index contributed by atoms with van der Waals surface area (Å²) >= 11 is 0.862. The summed E-state index contributed by atoms with van der Waals surface area (Å²) in [5.41, 5.74) is -0.0469. The van der Waals surface area contributed by atoms with Crippen LogP contribution in [0.2, 0.25) is 0 Å². The molecule has 0 aliphatic rings. The summed E-state index contributed by atoms with van der Waals surface area (Å²) in [5, 5.41) is 13.4. The van der Waals surface area contributed by atoms with Crippen molar-refractivity contribution in [2.45, 2.75) is 11.4 Å². The van der Waals surface area contributed by atoms with E-state index in [-0.39, 0.29) is 73.4 Å². The van der Waals surface area contributed by atoms with Crippen molar-refractivity contribution in [1.29, 1.82) is 0 Å². The maximum atomic E-state index is 12.2. The second-order valence-electron chi connectivity index (χ2n) is 4.56. The first kappa shape index (κ1) is 22.9. The molecule has 1 amide bonds. The number of anilines is 1. The minimum absolute atomic E-state index is 0. The summed E-state index contributed by atoms with van der Waals surface area (Å²) in [5.74, 6) is -2.64. The fourth-order valence-electron chi connectivity index (χ4n) is 1.76. The van der Waals surface area contributed by atoms with Gasteiger partial charge in [-0.1, -0.05) is 17.8 Å². The summed E-state index contributed by atoms with van der Waals surface area (Å²) in [7, 11) is 0. The quantitative estimate of drug-likeness (QED) is 0.489. The molecular weight excluding hydrogens is 400 g/mol. The number of halogens is 3. The van der Waals surface area contributed by atoms with Crippen LogP contribution in [0.3, 0.4) is 0 Å². The number of nitrogens with one attached hydrogen (secondary N) is 1. The smallest absolute Gasteiger partial charge is 0.545 e. The Kier molecular flexibility index (Phi) is 9.06. The molecule has 0 atom stereocenters. The number of pyridine rings is 1. The number of hydrogen-bond donors (Lipinski definition) is 1. The van der Waals surface area contributed by atoms with E-state index in [2.05, 4.69) is 15.0 Å². The first-order valence-corrected chi connectivity index (χ1v) is 7.68. The number of carbonyl (C=O) groups is 2. The fourth-order valence-corrected chi connectivity index (χ4v) is 2.55. The van der Waals surface area contributed by atoms with Crippen LogP contribution >= 0.6 is 11.8 Å². The van der Waals surface area contributed by atoms with Gasteiger partial charge in [0.1, 0.15) is 10.8 Å². The number of alkyl halides is 3. The van der Waals surface area contributed by atoms with Gasteiger partial charge >= 0.3 is 57.7 Å². The van der Waals surface area contributed by atoms with Crippen LogP contribution < -0.4 is 66.5 Å². The van der Waals surface area contributed by atoms with E-state index < -0.39 is 24.0 Å². The number of aromatic nitrogens is 1. The molecule has 26 heavy (non-hydrogen) atoms. The van der Waals surface area contributed by atoms with Crippen LogP contribution in [-0.4, -0.2) is 29.0 Å². The molecule has 0 spiro atoms. The van der Waals surface area contributed by atoms with E-state index in [1.807, 2.05) is 0 Å². The van der Waals surface area contributed by atoms with E-state index in [1.165, 1.54) is 30.5 Å². The molecule has 2 aromatic rings. The molecule has 132 valence electrons. The summed E-state index contributed by atoms with van der Waals surface area (Å²) in [6, 6.07) is 7.50. The fraction of sp³-hybridized carbons (Fsp3) is 0.133. The Morgan fingerprint density at radius 3 is 2.62 bits per heavy atom. The SMILES string of the molecule is O=C(CSc1ncccc1C(=O)[O-])Nc1cccc(OC(F)(F)F)c1.[K+]. The van der Waals surface area contributed by atoms with Crippen LogP contribution in [0.25, 0.3) is 0 Å². The van der Waals surface area contributed by atoms with Crippen LogP contribution in [-0.2, 0) is 4.79 Å². The molecule has 1 aromatic heterocycles. The number of thioether (sulfide) groups is 1. The molecule has 0 saturated heterocycles. The summed E-state index contributed by atoms with van der Waals surface area (Å²) in [6.45, 7) is 0. The Morgan fingerprint density at radius 2 is 1.96 bits per heavy atom. The van der Waals surface area contributed by atoms with E-state index in [0.717, 1.165) is 23.9 Å². The number of aromatic carboxylic acids is 1. The Labute approximate surface area is 192 Å². The molecular formula is C15H10F3KN2O4S. The Hall–Kier alpha value is -1.11. The number of hydrogen-bond acceptors (Lipinski definition) is 6. The second-order valence-corrected chi connectivity index (χ2v) is 5.52. The van der Waals surface area contributed by atoms with E-state index in [4.69, 9.17) is 0 Å². The van der Waals surface area contributed by atoms with Crippen LogP contribution in [0.5, 0.6) is 5.75 Å². The summed E-state index contributed by atoms with van der Waals surface area (Å²) < 4.78 is 40.3. The average Bonchev–Trinajstić information content (AvgIpc) is 2.52. The van der Waals surface area contributed by atoms with E-state index >= 15 is 0 Å². The Morgan fingerprint density at radius 1 is 1.23 bits per heavy atom. The zero-order valence-electron chi connectivity index (χ0n) is 13.4. The third-order valence-electron chi connectivity index (χ3n) is 2.68. The third kappa shape index (κ3) is 7.64. The van der Waals surface area contributed by atoms with Crippen molar-refractivity contribution in [3.8, 4) is 5.75 Å². The normalized spacial score (nSPS) is 10.6. The largest absolute Gasteiger partial charge is 1.00 e. The molecule has 0 bridgehead atoms. The van der Waals surface area contributed by atoms with Gasteiger partial charge in [0.25, 0.3) is 0 Å². The van der Waals surface area contributed by atoms with Crippen molar-refractivity contribution < 1.29 is 84.0 Å². The maximum Gasteiger partial charge on any atom is 1.00 e. The molecule has 1 aromatic carbocycles. The zero-order chi connectivity index (χ0) is 18.4. The molecule has 0 radical (unpaired) electrons. The van der Waals surface area contributed by atoms with Gasteiger partial charge in [0.2, 0.25) is 5.91 Å². The van der Waals surface area contributed by atoms with Crippen molar-refractivity contribution in [2.75, 3.05) is 11.1 Å². The second kappa shape index (κ2) is 10.3. The number of amides is 1. The Balaban J connectivity index is 0.00000338. The van der Waals surface area contributed by atoms with Gasteiger partial charge in [0.15, 0.2) is 0 Å². The van der Waals surface area contributed by atoms with E-state index in [0.29, 0.717) is 0 Å². The van der Waals surface area contributed by atoms with E-state index in [9.17, 15) is 27.9 Å². The van der Waals surface area contributed by atoms with Gasteiger partial charge in [0.05, 0.1) is 11.7 Å². The first-order valence-electron chi connectivity index (χ1n) is 6.69. The van der Waals surface area contributed by atoms with Gasteiger partial charge < -0.3 is 20.0 Å². The molecule has 1 N–H and O–H groups in total. The minimum atomic E-state index is -4.83. The maximum absolute atomic E-state index is 12.2. The number of nitrogens with zero attached hydrogens (tertiary/aromatic N) is 1. The molecule has 11 heteroatoms. The summed E-state index contributed by atoms with van der Waals surface area (Å²) in [4.78, 5) is 26.7. The number of ether oxygens (including phenoxy) is 1. The van der Waals surface area contributed by atoms with Crippen LogP contribution in [0.15, 0.2) is 47.6 Å². The van der Waals surface area contributed by atoms with Crippen molar-refractivity contribution in [3.63, 3.8) is 0 Å². The van der Waals surface area contributed by atoms with Crippen molar-refractivity contribution in [1.82, 2.24) is 4.98 Å². The van der Waals surface area contributed by atoms with Crippen LogP contribution in [0.4, 0.5) is 18.9 Å². The first-order chi connectivity index (χ1) is 11.7. The predicted octanol–water partition coefficient (Wildman–Crippen LogP) is -0.921. The standard InChI is InChI=1S/C15H11F3N2O4S.K/c16-15(17,18)24-10-4-1-3-9(7-10)20-12(21)8-25-13-11(14(22)23)5-2-6-19-13;/h1-7H,8H2,(H,20,21)(H,22,23);/q;+1/p-1. The number of benzene rings is 1. The van der Waals surface area contributed by atoms with Gasteiger partial charge in [-0.15, -0.1) is 13.2 Å². The third-order valence-corrected chi connectivity index (χ3v) is 3.69. The van der Waals surface area contributed by atoms with E-state index in [1.54, 1.807) is 0 Å². The topological polar surface area (TPSA) is 91.4 Å². The summed E-state index contributed by atoms with van der Waals surface area (Å²) in [6.07, 6.45) is -3.47. The number of carboxylic acids is 1. The number of rotatable bonds is 6. The molecule has 6 nitrogen and oxygen atoms in total. The van der Waals surface area contributed by atoms with Crippen molar-refractivity contribution in [3.05, 3.63) is 48.2 Å². The number of carbonyl (C=O) groups excluding carboxylic acids is 2. The molecule has 0 saturated carbocycles. The van der Waals surface area contributed by atoms with Gasteiger partial charge in [-0.25, -0.2) is 4.98 Å². The van der Waals surface area contributed by atoms with Gasteiger partial charge in [-0.3, -0.25) is 4.79 Å². The van der Waals surface area contributed by atoms with Crippen molar-refractivity contribution in [2.24, 2.45) is 0 Å².